The molecule has 0 heterocycles. The lowest BCUT2D eigenvalue weighted by Gasteiger charge is -2.22. The zero-order chi connectivity index (χ0) is 29.4. The van der Waals surface area contributed by atoms with Gasteiger partial charge in [-0.2, -0.15) is 13.2 Å². The Morgan fingerprint density at radius 3 is 2.03 bits per heavy atom. The van der Waals surface area contributed by atoms with Crippen molar-refractivity contribution in [3.63, 3.8) is 0 Å². The number of carbonyl (C=O) groups is 2. The summed E-state index contributed by atoms with van der Waals surface area (Å²) in [5.41, 5.74) is 1.60. The molecule has 10 nitrogen and oxygen atoms in total. The number of anilines is 2. The summed E-state index contributed by atoms with van der Waals surface area (Å²) in [4.78, 5) is 22.5. The van der Waals surface area contributed by atoms with Gasteiger partial charge >= 0.3 is 18.1 Å². The number of ether oxygens (including phenoxy) is 2. The van der Waals surface area contributed by atoms with Crippen LogP contribution >= 0.6 is 0 Å². The van der Waals surface area contributed by atoms with E-state index in [0.717, 1.165) is 5.56 Å². The average Bonchev–Trinajstić information content (AvgIpc) is 2.88. The molecule has 0 spiro atoms. The molecule has 0 saturated carbocycles. The lowest BCUT2D eigenvalue weighted by Crippen LogP contribution is -2.21. The van der Waals surface area contributed by atoms with Gasteiger partial charge in [-0.1, -0.05) is 30.3 Å². The third-order valence-corrected chi connectivity index (χ3v) is 6.44. The molecule has 3 N–H and O–H groups in total. The summed E-state index contributed by atoms with van der Waals surface area (Å²) in [6.45, 7) is 0.498. The van der Waals surface area contributed by atoms with Gasteiger partial charge in [0, 0.05) is 25.3 Å². The van der Waals surface area contributed by atoms with E-state index >= 15 is 0 Å². The zero-order valence-corrected chi connectivity index (χ0v) is 21.7. The standard InChI is InChI=1S/C23H24N2O6S.C2HF3O2/c1-25(15-16-7-5-4-6-8-16)20-11-9-17(13-19(20)23(26)27)24-32(28,29)18-10-12-21(30-2)22(14-18)31-3;3-2(4,5)1(6)7/h4-14,24H,15H2,1-3H3,(H,26,27);(H,6,7). The normalized spacial score (nSPS) is 11.0. The van der Waals surface area contributed by atoms with Crippen molar-refractivity contribution in [1.82, 2.24) is 0 Å². The molecule has 0 radical (unpaired) electrons. The molecule has 0 aromatic heterocycles. The Labute approximate surface area is 222 Å². The number of methoxy groups -OCH3 is 2. The molecule has 3 rings (SSSR count). The largest absolute Gasteiger partial charge is 0.493 e. The van der Waals surface area contributed by atoms with Crippen LogP contribution in [0.3, 0.4) is 0 Å². The number of hydrogen-bond donors (Lipinski definition) is 3. The highest BCUT2D eigenvalue weighted by atomic mass is 32.2. The molecule has 0 amide bonds. The number of carboxylic acid groups (broad SMARTS) is 2. The van der Waals surface area contributed by atoms with Gasteiger partial charge in [-0.3, -0.25) is 4.72 Å². The number of aliphatic carboxylic acids is 1. The van der Waals surface area contributed by atoms with E-state index < -0.39 is 28.1 Å². The Morgan fingerprint density at radius 1 is 0.923 bits per heavy atom. The van der Waals surface area contributed by atoms with Crippen LogP contribution in [0.2, 0.25) is 0 Å². The molecule has 0 bridgehead atoms. The lowest BCUT2D eigenvalue weighted by molar-refractivity contribution is -0.192. The van der Waals surface area contributed by atoms with Crippen LogP contribution in [-0.2, 0) is 21.4 Å². The Balaban J connectivity index is 0.000000673. The van der Waals surface area contributed by atoms with Gasteiger partial charge < -0.3 is 24.6 Å². The molecule has 0 atom stereocenters. The van der Waals surface area contributed by atoms with Gasteiger partial charge in [-0.05, 0) is 35.9 Å². The highest BCUT2D eigenvalue weighted by Crippen LogP contribution is 2.31. The maximum atomic E-state index is 12.8. The van der Waals surface area contributed by atoms with Crippen LogP contribution in [0.4, 0.5) is 24.5 Å². The first-order chi connectivity index (χ1) is 18.2. The predicted molar refractivity (Wildman–Crippen MR) is 136 cm³/mol. The molecule has 3 aromatic carbocycles. The third kappa shape index (κ3) is 8.53. The fraction of sp³-hybridized carbons (Fsp3) is 0.200. The Morgan fingerprint density at radius 2 is 1.51 bits per heavy atom. The second kappa shape index (κ2) is 12.9. The number of nitrogens with one attached hydrogen (secondary N) is 1. The summed E-state index contributed by atoms with van der Waals surface area (Å²) >= 11 is 0. The highest BCUT2D eigenvalue weighted by Gasteiger charge is 2.38. The third-order valence-electron chi connectivity index (χ3n) is 5.06. The highest BCUT2D eigenvalue weighted by molar-refractivity contribution is 7.92. The van der Waals surface area contributed by atoms with Crippen LogP contribution in [0.25, 0.3) is 0 Å². The van der Waals surface area contributed by atoms with Crippen molar-refractivity contribution in [1.29, 1.82) is 0 Å². The summed E-state index contributed by atoms with van der Waals surface area (Å²) in [6, 6.07) is 18.2. The van der Waals surface area contributed by atoms with Crippen molar-refractivity contribution in [2.45, 2.75) is 17.6 Å². The molecule has 210 valence electrons. The molecular formula is C25H25F3N2O8S. The molecule has 0 saturated heterocycles. The van der Waals surface area contributed by atoms with Crippen LogP contribution in [0.1, 0.15) is 15.9 Å². The van der Waals surface area contributed by atoms with Gasteiger partial charge in [0.1, 0.15) is 0 Å². The molecule has 0 fully saturated rings. The van der Waals surface area contributed by atoms with Crippen molar-refractivity contribution in [2.75, 3.05) is 30.9 Å². The number of alkyl halides is 3. The van der Waals surface area contributed by atoms with Crippen molar-refractivity contribution in [3.8, 4) is 11.5 Å². The number of rotatable bonds is 9. The van der Waals surface area contributed by atoms with Gasteiger partial charge in [0.25, 0.3) is 10.0 Å². The fourth-order valence-electron chi connectivity index (χ4n) is 3.24. The summed E-state index contributed by atoms with van der Waals surface area (Å²) in [6.07, 6.45) is -5.08. The minimum absolute atomic E-state index is 0.0176. The zero-order valence-electron chi connectivity index (χ0n) is 20.9. The lowest BCUT2D eigenvalue weighted by atomic mass is 10.1. The Bertz CT molecular complexity index is 1410. The smallest absolute Gasteiger partial charge is 0.490 e. The number of benzene rings is 3. The van der Waals surface area contributed by atoms with E-state index in [1.54, 1.807) is 18.0 Å². The minimum atomic E-state index is -5.08. The number of nitrogens with zero attached hydrogens (tertiary/aromatic N) is 1. The average molecular weight is 571 g/mol. The van der Waals surface area contributed by atoms with Gasteiger partial charge in [-0.25, -0.2) is 18.0 Å². The van der Waals surface area contributed by atoms with Crippen LogP contribution in [0.15, 0.2) is 71.6 Å². The monoisotopic (exact) mass is 570 g/mol. The number of carboxylic acids is 2. The Kier molecular flexibility index (Phi) is 10.1. The second-order valence-electron chi connectivity index (χ2n) is 7.80. The van der Waals surface area contributed by atoms with E-state index in [2.05, 4.69) is 4.72 Å². The maximum Gasteiger partial charge on any atom is 0.490 e. The van der Waals surface area contributed by atoms with Crippen LogP contribution in [-0.4, -0.2) is 58.0 Å². The number of hydrogen-bond acceptors (Lipinski definition) is 7. The fourth-order valence-corrected chi connectivity index (χ4v) is 4.31. The van der Waals surface area contributed by atoms with Gasteiger partial charge in [0.2, 0.25) is 0 Å². The van der Waals surface area contributed by atoms with Crippen LogP contribution in [0.5, 0.6) is 11.5 Å². The van der Waals surface area contributed by atoms with Gasteiger partial charge in [-0.15, -0.1) is 0 Å². The summed E-state index contributed by atoms with van der Waals surface area (Å²) in [5.74, 6) is -3.26. The first-order valence-electron chi connectivity index (χ1n) is 10.9. The van der Waals surface area contributed by atoms with Crippen LogP contribution in [0, 0.1) is 0 Å². The van der Waals surface area contributed by atoms with Crippen molar-refractivity contribution >= 4 is 33.3 Å². The number of aromatic carboxylic acids is 1. The molecule has 39 heavy (non-hydrogen) atoms. The SMILES string of the molecule is COc1ccc(S(=O)(=O)Nc2ccc(N(C)Cc3ccccc3)c(C(=O)O)c2)cc1OC.O=C(O)C(F)(F)F. The van der Waals surface area contributed by atoms with Gasteiger partial charge in [0.05, 0.1) is 30.4 Å². The first-order valence-corrected chi connectivity index (χ1v) is 12.3. The van der Waals surface area contributed by atoms with E-state index in [1.165, 1.54) is 44.6 Å². The van der Waals surface area contributed by atoms with Crippen molar-refractivity contribution in [2.24, 2.45) is 0 Å². The molecule has 0 aliphatic rings. The second-order valence-corrected chi connectivity index (χ2v) is 9.49. The topological polar surface area (TPSA) is 142 Å². The van der Waals surface area contributed by atoms with Crippen molar-refractivity contribution in [3.05, 3.63) is 77.9 Å². The summed E-state index contributed by atoms with van der Waals surface area (Å²) < 4.78 is 70.2. The Hall–Kier alpha value is -4.46. The van der Waals surface area contributed by atoms with E-state index in [-0.39, 0.29) is 21.9 Å². The molecule has 0 aliphatic carbocycles. The van der Waals surface area contributed by atoms with E-state index in [4.69, 9.17) is 19.4 Å². The predicted octanol–water partition coefficient (Wildman–Crippen LogP) is 4.47. The number of sulfonamides is 1. The van der Waals surface area contributed by atoms with Crippen molar-refractivity contribution < 1.29 is 50.9 Å². The number of halogens is 3. The molecule has 0 aliphatic heterocycles. The summed E-state index contributed by atoms with van der Waals surface area (Å²) in [5, 5.41) is 16.8. The van der Waals surface area contributed by atoms with Gasteiger partial charge in [0.15, 0.2) is 11.5 Å². The van der Waals surface area contributed by atoms with E-state index in [0.29, 0.717) is 18.0 Å². The molecule has 0 unspecified atom stereocenters. The minimum Gasteiger partial charge on any atom is -0.493 e. The first kappa shape index (κ1) is 30.8. The molecule has 3 aromatic rings. The van der Waals surface area contributed by atoms with E-state index in [9.17, 15) is 31.5 Å². The summed E-state index contributed by atoms with van der Waals surface area (Å²) in [7, 11) is 0.654. The molecular weight excluding hydrogens is 545 g/mol. The van der Waals surface area contributed by atoms with E-state index in [1.807, 2.05) is 30.3 Å². The quantitative estimate of drug-likeness (QED) is 0.340. The van der Waals surface area contributed by atoms with Crippen LogP contribution < -0.4 is 19.1 Å². The maximum absolute atomic E-state index is 12.8. The molecule has 14 heteroatoms.